The molecule has 0 radical (unpaired) electrons. The van der Waals surface area contributed by atoms with Gasteiger partial charge < -0.3 is 10.6 Å². The fourth-order valence-corrected chi connectivity index (χ4v) is 4.59. The predicted octanol–water partition coefficient (Wildman–Crippen LogP) is 3.38. The third-order valence-corrected chi connectivity index (χ3v) is 6.66. The number of rotatable bonds is 5. The maximum atomic E-state index is 12.6. The van der Waals surface area contributed by atoms with E-state index in [-0.39, 0.29) is 23.5 Å². The van der Waals surface area contributed by atoms with E-state index in [1.165, 1.54) is 4.31 Å². The number of nitrogens with one attached hydrogen (secondary N) is 2. The molecule has 8 heteroatoms. The quantitative estimate of drug-likeness (QED) is 0.782. The van der Waals surface area contributed by atoms with Gasteiger partial charge in [0.25, 0.3) is 5.91 Å². The molecule has 7 nitrogen and oxygen atoms in total. The van der Waals surface area contributed by atoms with Crippen LogP contribution in [0.1, 0.15) is 36.2 Å². The molecule has 2 aromatic rings. The van der Waals surface area contributed by atoms with Crippen LogP contribution in [0.15, 0.2) is 42.5 Å². The van der Waals surface area contributed by atoms with Crippen LogP contribution in [0.5, 0.6) is 0 Å². The number of nitrogens with zero attached hydrogens (tertiary/aromatic N) is 1. The Kier molecular flexibility index (Phi) is 5.93. The minimum Gasteiger partial charge on any atom is -0.326 e. The first-order valence-corrected chi connectivity index (χ1v) is 11.1. The zero-order valence-corrected chi connectivity index (χ0v) is 17.5. The Morgan fingerprint density at radius 2 is 1.72 bits per heavy atom. The number of anilines is 3. The van der Waals surface area contributed by atoms with Gasteiger partial charge in [-0.3, -0.25) is 13.9 Å². The van der Waals surface area contributed by atoms with Gasteiger partial charge in [0.15, 0.2) is 0 Å². The van der Waals surface area contributed by atoms with E-state index in [2.05, 4.69) is 10.6 Å². The average molecular weight is 416 g/mol. The lowest BCUT2D eigenvalue weighted by atomic mass is 10.1. The van der Waals surface area contributed by atoms with Crippen LogP contribution >= 0.6 is 0 Å². The van der Waals surface area contributed by atoms with Crippen molar-refractivity contribution in [3.8, 4) is 0 Å². The Hall–Kier alpha value is -2.87. The Morgan fingerprint density at radius 1 is 1.03 bits per heavy atom. The SMILES string of the molecule is Cc1ccc(NC(=O)C(C)C)cc1NC(=O)c1ccc(N2CCCS2(=O)=O)cc1. The molecule has 2 aromatic carbocycles. The van der Waals surface area contributed by atoms with Crippen LogP contribution in [0, 0.1) is 12.8 Å². The third kappa shape index (κ3) is 4.76. The van der Waals surface area contributed by atoms with E-state index in [1.54, 1.807) is 36.4 Å². The van der Waals surface area contributed by atoms with E-state index < -0.39 is 10.0 Å². The van der Waals surface area contributed by atoms with E-state index >= 15 is 0 Å². The maximum Gasteiger partial charge on any atom is 0.255 e. The van der Waals surface area contributed by atoms with Crippen molar-refractivity contribution in [3.05, 3.63) is 53.6 Å². The molecule has 0 bridgehead atoms. The van der Waals surface area contributed by atoms with Gasteiger partial charge in [-0.25, -0.2) is 8.42 Å². The molecule has 1 aliphatic rings. The lowest BCUT2D eigenvalue weighted by Crippen LogP contribution is -2.25. The molecule has 1 heterocycles. The lowest BCUT2D eigenvalue weighted by Gasteiger charge is -2.17. The summed E-state index contributed by atoms with van der Waals surface area (Å²) in [4.78, 5) is 24.5. The van der Waals surface area contributed by atoms with Gasteiger partial charge in [-0.05, 0) is 55.3 Å². The van der Waals surface area contributed by atoms with Crippen LogP contribution in [-0.4, -0.2) is 32.5 Å². The van der Waals surface area contributed by atoms with E-state index in [9.17, 15) is 18.0 Å². The largest absolute Gasteiger partial charge is 0.326 e. The number of aryl methyl sites for hydroxylation is 1. The first-order chi connectivity index (χ1) is 13.7. The smallest absolute Gasteiger partial charge is 0.255 e. The van der Waals surface area contributed by atoms with Gasteiger partial charge in [-0.1, -0.05) is 19.9 Å². The molecule has 0 saturated carbocycles. The van der Waals surface area contributed by atoms with E-state index in [0.29, 0.717) is 35.6 Å². The van der Waals surface area contributed by atoms with Crippen LogP contribution in [-0.2, 0) is 14.8 Å². The average Bonchev–Trinajstić information content (AvgIpc) is 3.03. The van der Waals surface area contributed by atoms with Crippen LogP contribution < -0.4 is 14.9 Å². The van der Waals surface area contributed by atoms with Crippen molar-refractivity contribution < 1.29 is 18.0 Å². The van der Waals surface area contributed by atoms with Crippen molar-refractivity contribution in [2.45, 2.75) is 27.2 Å². The topological polar surface area (TPSA) is 95.6 Å². The Labute approximate surface area is 171 Å². The number of amides is 2. The zero-order valence-electron chi connectivity index (χ0n) is 16.7. The summed E-state index contributed by atoms with van der Waals surface area (Å²) >= 11 is 0. The maximum absolute atomic E-state index is 12.6. The van der Waals surface area contributed by atoms with Gasteiger partial charge in [0.1, 0.15) is 0 Å². The Morgan fingerprint density at radius 3 is 2.31 bits per heavy atom. The predicted molar refractivity (Wildman–Crippen MR) is 115 cm³/mol. The number of carbonyl (C=O) groups is 2. The number of benzene rings is 2. The molecule has 2 amide bonds. The fraction of sp³-hybridized carbons (Fsp3) is 0.333. The summed E-state index contributed by atoms with van der Waals surface area (Å²) in [7, 11) is -3.25. The van der Waals surface area contributed by atoms with Gasteiger partial charge in [0.05, 0.1) is 11.4 Å². The van der Waals surface area contributed by atoms with Crippen molar-refractivity contribution in [1.82, 2.24) is 0 Å². The summed E-state index contributed by atoms with van der Waals surface area (Å²) in [5.74, 6) is -0.403. The highest BCUT2D eigenvalue weighted by Gasteiger charge is 2.28. The zero-order chi connectivity index (χ0) is 21.2. The first kappa shape index (κ1) is 20.9. The number of hydrogen-bond donors (Lipinski definition) is 2. The van der Waals surface area contributed by atoms with E-state index in [1.807, 2.05) is 26.8 Å². The van der Waals surface area contributed by atoms with Crippen LogP contribution in [0.3, 0.4) is 0 Å². The molecule has 0 unspecified atom stereocenters. The molecular weight excluding hydrogens is 390 g/mol. The van der Waals surface area contributed by atoms with Gasteiger partial charge in [-0.15, -0.1) is 0 Å². The second-order valence-electron chi connectivity index (χ2n) is 7.42. The van der Waals surface area contributed by atoms with Gasteiger partial charge >= 0.3 is 0 Å². The molecule has 2 N–H and O–H groups in total. The van der Waals surface area contributed by atoms with Crippen molar-refractivity contribution in [2.75, 3.05) is 27.2 Å². The summed E-state index contributed by atoms with van der Waals surface area (Å²) in [5, 5.41) is 5.67. The molecule has 0 atom stereocenters. The number of hydrogen-bond acceptors (Lipinski definition) is 4. The molecule has 154 valence electrons. The molecule has 29 heavy (non-hydrogen) atoms. The molecular formula is C21H25N3O4S. The highest BCUT2D eigenvalue weighted by atomic mass is 32.2. The van der Waals surface area contributed by atoms with Gasteiger partial charge in [0, 0.05) is 29.4 Å². The van der Waals surface area contributed by atoms with Crippen molar-refractivity contribution in [3.63, 3.8) is 0 Å². The summed E-state index contributed by atoms with van der Waals surface area (Å²) in [6, 6.07) is 11.8. The number of sulfonamides is 1. The highest BCUT2D eigenvalue weighted by Crippen LogP contribution is 2.25. The number of carbonyl (C=O) groups excluding carboxylic acids is 2. The third-order valence-electron chi connectivity index (χ3n) is 4.79. The molecule has 0 aromatic heterocycles. The summed E-state index contributed by atoms with van der Waals surface area (Å²) in [5.41, 5.74) is 3.05. The van der Waals surface area contributed by atoms with E-state index in [0.717, 1.165) is 5.56 Å². The minimum absolute atomic E-state index is 0.0985. The van der Waals surface area contributed by atoms with Crippen molar-refractivity contribution in [1.29, 1.82) is 0 Å². The molecule has 0 spiro atoms. The fourth-order valence-electron chi connectivity index (χ4n) is 3.02. The molecule has 0 aliphatic carbocycles. The highest BCUT2D eigenvalue weighted by molar-refractivity contribution is 7.93. The Bertz CT molecular complexity index is 1030. The Balaban J connectivity index is 1.74. The van der Waals surface area contributed by atoms with Gasteiger partial charge in [0.2, 0.25) is 15.9 Å². The van der Waals surface area contributed by atoms with Crippen LogP contribution in [0.4, 0.5) is 17.1 Å². The summed E-state index contributed by atoms with van der Waals surface area (Å²) in [6.45, 7) is 5.94. The molecule has 1 fully saturated rings. The van der Waals surface area contributed by atoms with Crippen LogP contribution in [0.25, 0.3) is 0 Å². The second-order valence-corrected chi connectivity index (χ2v) is 9.43. The van der Waals surface area contributed by atoms with Crippen molar-refractivity contribution in [2.24, 2.45) is 5.92 Å². The second kappa shape index (κ2) is 8.24. The summed E-state index contributed by atoms with van der Waals surface area (Å²) in [6.07, 6.45) is 0.605. The van der Waals surface area contributed by atoms with Crippen LogP contribution in [0.2, 0.25) is 0 Å². The molecule has 3 rings (SSSR count). The standard InChI is InChI=1S/C21H25N3O4S/c1-14(2)20(25)22-17-8-5-15(3)19(13-17)23-21(26)16-6-9-18(10-7-16)24-11-4-12-29(24,27)28/h5-10,13-14H,4,11-12H2,1-3H3,(H,22,25)(H,23,26). The molecule has 1 saturated heterocycles. The monoisotopic (exact) mass is 415 g/mol. The van der Waals surface area contributed by atoms with E-state index in [4.69, 9.17) is 0 Å². The molecule has 1 aliphatic heterocycles. The normalized spacial score (nSPS) is 15.4. The lowest BCUT2D eigenvalue weighted by molar-refractivity contribution is -0.118. The van der Waals surface area contributed by atoms with Gasteiger partial charge in [-0.2, -0.15) is 0 Å². The first-order valence-electron chi connectivity index (χ1n) is 9.51. The van der Waals surface area contributed by atoms with Crippen molar-refractivity contribution >= 4 is 38.9 Å². The summed E-state index contributed by atoms with van der Waals surface area (Å²) < 4.78 is 25.4. The minimum atomic E-state index is -3.25.